The number of carboxylic acid groups (broad SMARTS) is 1. The highest BCUT2D eigenvalue weighted by molar-refractivity contribution is 7.89. The van der Waals surface area contributed by atoms with Crippen LogP contribution in [-0.2, 0) is 26.0 Å². The molecule has 0 atom stereocenters. The molecular formula is C16H24N2O5S. The number of aryl methyl sites for hydroxylation is 1. The molecule has 8 heteroatoms. The zero-order chi connectivity index (χ0) is 18.2. The molecule has 1 aromatic carbocycles. The summed E-state index contributed by atoms with van der Waals surface area (Å²) in [7, 11) is -3.47. The van der Waals surface area contributed by atoms with Crippen LogP contribution >= 0.6 is 0 Å². The molecule has 0 bridgehead atoms. The van der Waals surface area contributed by atoms with E-state index in [1.807, 2.05) is 0 Å². The Morgan fingerprint density at radius 2 is 1.67 bits per heavy atom. The number of benzene rings is 1. The van der Waals surface area contributed by atoms with Gasteiger partial charge >= 0.3 is 5.97 Å². The Balaban J connectivity index is 2.59. The summed E-state index contributed by atoms with van der Waals surface area (Å²) in [6.07, 6.45) is 0.579. The van der Waals surface area contributed by atoms with Crippen molar-refractivity contribution in [2.75, 3.05) is 19.6 Å². The molecular weight excluding hydrogens is 332 g/mol. The standard InChI is InChI=1S/C16H24N2O5S/c1-3-18(4-2)24(22,23)14-8-5-13(6-9-14)7-10-15(19)17-12-11-16(20)21/h5-6,8-9H,3-4,7,10-12H2,1-2H3,(H,17,19)(H,20,21). The lowest BCUT2D eigenvalue weighted by Gasteiger charge is -2.18. The molecule has 0 spiro atoms. The fourth-order valence-corrected chi connectivity index (χ4v) is 3.65. The number of rotatable bonds is 10. The molecule has 0 unspecified atom stereocenters. The first kappa shape index (κ1) is 20.1. The molecule has 0 fully saturated rings. The Morgan fingerprint density at radius 3 is 2.17 bits per heavy atom. The van der Waals surface area contributed by atoms with Crippen molar-refractivity contribution >= 4 is 21.9 Å². The molecule has 1 rings (SSSR count). The molecule has 1 aromatic rings. The van der Waals surface area contributed by atoms with E-state index in [9.17, 15) is 18.0 Å². The number of carboxylic acids is 1. The monoisotopic (exact) mass is 356 g/mol. The topological polar surface area (TPSA) is 104 Å². The molecule has 0 saturated heterocycles. The first-order valence-electron chi connectivity index (χ1n) is 7.88. The van der Waals surface area contributed by atoms with Gasteiger partial charge in [-0.2, -0.15) is 4.31 Å². The summed E-state index contributed by atoms with van der Waals surface area (Å²) in [6, 6.07) is 6.48. The van der Waals surface area contributed by atoms with Crippen LogP contribution in [0.25, 0.3) is 0 Å². The molecule has 1 amide bonds. The zero-order valence-corrected chi connectivity index (χ0v) is 14.8. The molecule has 0 aromatic heterocycles. The van der Waals surface area contributed by atoms with Gasteiger partial charge in [0.05, 0.1) is 11.3 Å². The van der Waals surface area contributed by atoms with Crippen molar-refractivity contribution in [2.24, 2.45) is 0 Å². The van der Waals surface area contributed by atoms with Crippen LogP contribution in [0.1, 0.15) is 32.3 Å². The van der Waals surface area contributed by atoms with Crippen molar-refractivity contribution in [2.45, 2.75) is 38.0 Å². The average Bonchev–Trinajstić information content (AvgIpc) is 2.54. The van der Waals surface area contributed by atoms with Crippen molar-refractivity contribution in [3.63, 3.8) is 0 Å². The molecule has 7 nitrogen and oxygen atoms in total. The molecule has 0 saturated carbocycles. The third-order valence-corrected chi connectivity index (χ3v) is 5.63. The van der Waals surface area contributed by atoms with Gasteiger partial charge in [0.15, 0.2) is 0 Å². The summed E-state index contributed by atoms with van der Waals surface area (Å²) in [5.74, 6) is -1.18. The Morgan fingerprint density at radius 1 is 1.08 bits per heavy atom. The van der Waals surface area contributed by atoms with Crippen LogP contribution in [0.5, 0.6) is 0 Å². The van der Waals surface area contributed by atoms with E-state index in [1.165, 1.54) is 4.31 Å². The number of carbonyl (C=O) groups is 2. The maximum absolute atomic E-state index is 12.4. The lowest BCUT2D eigenvalue weighted by atomic mass is 10.1. The van der Waals surface area contributed by atoms with Crippen LogP contribution in [0, 0.1) is 0 Å². The second-order valence-corrected chi connectivity index (χ2v) is 7.16. The van der Waals surface area contributed by atoms with Gasteiger partial charge in [0, 0.05) is 26.1 Å². The van der Waals surface area contributed by atoms with E-state index in [-0.39, 0.29) is 30.2 Å². The number of carbonyl (C=O) groups excluding carboxylic acids is 1. The van der Waals surface area contributed by atoms with Gasteiger partial charge in [-0.15, -0.1) is 0 Å². The number of nitrogens with zero attached hydrogens (tertiary/aromatic N) is 1. The molecule has 0 heterocycles. The highest BCUT2D eigenvalue weighted by atomic mass is 32.2. The minimum atomic E-state index is -3.47. The third-order valence-electron chi connectivity index (χ3n) is 3.57. The van der Waals surface area contributed by atoms with E-state index in [1.54, 1.807) is 38.1 Å². The first-order chi connectivity index (χ1) is 11.3. The number of amides is 1. The van der Waals surface area contributed by atoms with Crippen molar-refractivity contribution in [3.05, 3.63) is 29.8 Å². The lowest BCUT2D eigenvalue weighted by Crippen LogP contribution is -2.30. The molecule has 2 N–H and O–H groups in total. The Labute approximate surface area is 142 Å². The van der Waals surface area contributed by atoms with E-state index in [4.69, 9.17) is 5.11 Å². The summed E-state index contributed by atoms with van der Waals surface area (Å²) >= 11 is 0. The summed E-state index contributed by atoms with van der Waals surface area (Å²) in [5.41, 5.74) is 0.849. The van der Waals surface area contributed by atoms with Crippen LogP contribution < -0.4 is 5.32 Å². The van der Waals surface area contributed by atoms with Gasteiger partial charge in [0.1, 0.15) is 0 Å². The van der Waals surface area contributed by atoms with Crippen molar-refractivity contribution in [1.29, 1.82) is 0 Å². The Hall–Kier alpha value is -1.93. The summed E-state index contributed by atoms with van der Waals surface area (Å²) in [4.78, 5) is 22.2. The maximum atomic E-state index is 12.4. The minimum Gasteiger partial charge on any atom is -0.481 e. The van der Waals surface area contributed by atoms with Crippen molar-refractivity contribution < 1.29 is 23.1 Å². The van der Waals surface area contributed by atoms with Gasteiger partial charge in [0.2, 0.25) is 15.9 Å². The second-order valence-electron chi connectivity index (χ2n) is 5.23. The van der Waals surface area contributed by atoms with Crippen LogP contribution in [-0.4, -0.2) is 49.3 Å². The predicted molar refractivity (Wildman–Crippen MR) is 90.1 cm³/mol. The maximum Gasteiger partial charge on any atom is 0.305 e. The molecule has 0 aliphatic carbocycles. The van der Waals surface area contributed by atoms with Crippen LogP contribution in [0.2, 0.25) is 0 Å². The number of hydrogen-bond donors (Lipinski definition) is 2. The van der Waals surface area contributed by atoms with Crippen molar-refractivity contribution in [1.82, 2.24) is 9.62 Å². The fourth-order valence-electron chi connectivity index (χ4n) is 2.20. The normalized spacial score (nSPS) is 11.5. The lowest BCUT2D eigenvalue weighted by molar-refractivity contribution is -0.136. The van der Waals surface area contributed by atoms with Crippen LogP contribution in [0.3, 0.4) is 0 Å². The predicted octanol–water partition coefficient (Wildman–Crippen LogP) is 1.24. The summed E-state index contributed by atoms with van der Waals surface area (Å²) < 4.78 is 26.1. The summed E-state index contributed by atoms with van der Waals surface area (Å²) in [5, 5.41) is 11.0. The van der Waals surface area contributed by atoms with Gasteiger partial charge in [-0.05, 0) is 24.1 Å². The highest BCUT2D eigenvalue weighted by Crippen LogP contribution is 2.16. The van der Waals surface area contributed by atoms with Crippen LogP contribution in [0.4, 0.5) is 0 Å². The van der Waals surface area contributed by atoms with E-state index in [0.717, 1.165) is 5.56 Å². The SMILES string of the molecule is CCN(CC)S(=O)(=O)c1ccc(CCC(=O)NCCC(=O)O)cc1. The number of nitrogens with one attached hydrogen (secondary N) is 1. The zero-order valence-electron chi connectivity index (χ0n) is 14.0. The van der Waals surface area contributed by atoms with E-state index in [2.05, 4.69) is 5.32 Å². The van der Waals surface area contributed by atoms with Gasteiger partial charge < -0.3 is 10.4 Å². The second kappa shape index (κ2) is 9.39. The van der Waals surface area contributed by atoms with Crippen LogP contribution in [0.15, 0.2) is 29.2 Å². The first-order valence-corrected chi connectivity index (χ1v) is 9.32. The molecule has 0 aliphatic heterocycles. The van der Waals surface area contributed by atoms with E-state index < -0.39 is 16.0 Å². The van der Waals surface area contributed by atoms with Gasteiger partial charge in [-0.25, -0.2) is 8.42 Å². The van der Waals surface area contributed by atoms with Gasteiger partial charge in [-0.3, -0.25) is 9.59 Å². The summed E-state index contributed by atoms with van der Waals surface area (Å²) in [6.45, 7) is 4.51. The third kappa shape index (κ3) is 5.93. The number of sulfonamides is 1. The minimum absolute atomic E-state index is 0.106. The largest absolute Gasteiger partial charge is 0.481 e. The van der Waals surface area contributed by atoms with E-state index >= 15 is 0 Å². The van der Waals surface area contributed by atoms with Gasteiger partial charge in [0.25, 0.3) is 0 Å². The molecule has 24 heavy (non-hydrogen) atoms. The number of hydrogen-bond acceptors (Lipinski definition) is 4. The quantitative estimate of drug-likeness (QED) is 0.656. The Kier molecular flexibility index (Phi) is 7.87. The van der Waals surface area contributed by atoms with E-state index in [0.29, 0.717) is 19.5 Å². The van der Waals surface area contributed by atoms with Crippen molar-refractivity contribution in [3.8, 4) is 0 Å². The molecule has 0 radical (unpaired) electrons. The highest BCUT2D eigenvalue weighted by Gasteiger charge is 2.21. The Bertz CT molecular complexity index is 652. The smallest absolute Gasteiger partial charge is 0.305 e. The molecule has 0 aliphatic rings. The fraction of sp³-hybridized carbons (Fsp3) is 0.500. The molecule has 134 valence electrons. The number of aliphatic carboxylic acids is 1. The van der Waals surface area contributed by atoms with Gasteiger partial charge in [-0.1, -0.05) is 26.0 Å². The average molecular weight is 356 g/mol.